The fraction of sp³-hybridized carbons (Fsp3) is 0.294. The molecule has 0 aliphatic carbocycles. The molecule has 0 saturated heterocycles. The summed E-state index contributed by atoms with van der Waals surface area (Å²) in [7, 11) is 0.411. The normalized spacial score (nSPS) is 12.6. The van der Waals surface area contributed by atoms with Gasteiger partial charge in [0, 0.05) is 11.1 Å². The number of rotatable bonds is 11. The van der Waals surface area contributed by atoms with Crippen molar-refractivity contribution in [2.75, 3.05) is 20.8 Å². The van der Waals surface area contributed by atoms with E-state index in [4.69, 9.17) is 24.4 Å². The quantitative estimate of drug-likeness (QED) is 0.224. The molecule has 1 atom stereocenters. The van der Waals surface area contributed by atoms with Crippen molar-refractivity contribution in [2.45, 2.75) is 45.4 Å². The van der Waals surface area contributed by atoms with Gasteiger partial charge in [-0.3, -0.25) is 0 Å². The first-order chi connectivity index (χ1) is 19.2. The maximum Gasteiger partial charge on any atom is 0.319 e. The van der Waals surface area contributed by atoms with E-state index in [1.165, 1.54) is 10.4 Å². The van der Waals surface area contributed by atoms with Crippen LogP contribution in [0, 0.1) is 6.92 Å². The van der Waals surface area contributed by atoms with Crippen LogP contribution < -0.4 is 30.0 Å². The molecule has 6 heteroatoms. The molecule has 0 amide bonds. The van der Waals surface area contributed by atoms with E-state index in [9.17, 15) is 0 Å². The first kappa shape index (κ1) is 29.4. The lowest BCUT2D eigenvalue weighted by Crippen LogP contribution is -2.68. The first-order valence-corrected chi connectivity index (χ1v) is 15.6. The Labute approximate surface area is 240 Å². The van der Waals surface area contributed by atoms with Crippen molar-refractivity contribution in [3.8, 4) is 17.2 Å². The van der Waals surface area contributed by atoms with Crippen molar-refractivity contribution < 1.29 is 18.6 Å². The molecule has 4 aromatic rings. The second kappa shape index (κ2) is 12.7. The second-order valence-corrected chi connectivity index (χ2v) is 15.2. The Bertz CT molecular complexity index is 1330. The van der Waals surface area contributed by atoms with Crippen LogP contribution in [0.3, 0.4) is 0 Å². The Balaban J connectivity index is 1.81. The van der Waals surface area contributed by atoms with Gasteiger partial charge in [0.25, 0.3) is 0 Å². The molecule has 0 spiro atoms. The van der Waals surface area contributed by atoms with Gasteiger partial charge in [-0.05, 0) is 34.0 Å². The lowest BCUT2D eigenvalue weighted by molar-refractivity contribution is 0.107. The summed E-state index contributed by atoms with van der Waals surface area (Å²) in [6.45, 7) is 9.59. The van der Waals surface area contributed by atoms with Crippen molar-refractivity contribution in [1.82, 2.24) is 0 Å². The van der Waals surface area contributed by atoms with Gasteiger partial charge in [0.1, 0.15) is 5.75 Å². The van der Waals surface area contributed by atoms with Crippen LogP contribution in [0.1, 0.15) is 43.5 Å². The number of ether oxygens (including phenoxy) is 3. The molecule has 0 fully saturated rings. The van der Waals surface area contributed by atoms with Gasteiger partial charge in [-0.25, -0.2) is 0 Å². The number of hydrogen-bond donors (Lipinski definition) is 1. The minimum atomic E-state index is -2.88. The lowest BCUT2D eigenvalue weighted by atomic mass is 10.0. The van der Waals surface area contributed by atoms with E-state index in [0.717, 1.165) is 22.4 Å². The van der Waals surface area contributed by atoms with Gasteiger partial charge in [-0.2, -0.15) is 0 Å². The third-order valence-corrected chi connectivity index (χ3v) is 12.3. The van der Waals surface area contributed by atoms with Crippen LogP contribution in [-0.4, -0.2) is 29.1 Å². The predicted molar refractivity (Wildman–Crippen MR) is 166 cm³/mol. The molecule has 0 unspecified atom stereocenters. The minimum absolute atomic E-state index is 0.198. The molecule has 40 heavy (non-hydrogen) atoms. The highest BCUT2D eigenvalue weighted by Crippen LogP contribution is 2.45. The van der Waals surface area contributed by atoms with Gasteiger partial charge in [-0.15, -0.1) is 0 Å². The van der Waals surface area contributed by atoms with E-state index >= 15 is 0 Å². The monoisotopic (exact) mass is 555 g/mol. The number of methoxy groups -OCH3 is 2. The molecule has 0 saturated carbocycles. The highest BCUT2D eigenvalue weighted by Gasteiger charge is 2.52. The average Bonchev–Trinajstić information content (AvgIpc) is 2.97. The maximum atomic E-state index is 7.38. The van der Waals surface area contributed by atoms with E-state index in [1.807, 2.05) is 55.5 Å². The fourth-order valence-electron chi connectivity index (χ4n) is 5.35. The van der Waals surface area contributed by atoms with Crippen molar-refractivity contribution in [2.24, 2.45) is 5.73 Å². The molecule has 0 aliphatic rings. The van der Waals surface area contributed by atoms with Gasteiger partial charge >= 0.3 is 8.32 Å². The van der Waals surface area contributed by atoms with E-state index in [0.29, 0.717) is 24.7 Å². The summed E-state index contributed by atoms with van der Waals surface area (Å²) < 4.78 is 25.2. The summed E-state index contributed by atoms with van der Waals surface area (Å²) in [5, 5.41) is 2.19. The van der Waals surface area contributed by atoms with E-state index < -0.39 is 14.4 Å². The van der Waals surface area contributed by atoms with Crippen molar-refractivity contribution in [1.29, 1.82) is 0 Å². The predicted octanol–water partition coefficient (Wildman–Crippen LogP) is 6.17. The molecule has 5 nitrogen and oxygen atoms in total. The number of hydrogen-bond acceptors (Lipinski definition) is 5. The third kappa shape index (κ3) is 5.94. The van der Waals surface area contributed by atoms with E-state index in [2.05, 4.69) is 69.3 Å². The average molecular weight is 556 g/mol. The topological polar surface area (TPSA) is 62.9 Å². The van der Waals surface area contributed by atoms with Crippen LogP contribution in [0.25, 0.3) is 0 Å². The summed E-state index contributed by atoms with van der Waals surface area (Å²) in [6.07, 6.45) is 0. The molecular weight excluding hydrogens is 514 g/mol. The Morgan fingerprint density at radius 2 is 1.25 bits per heavy atom. The zero-order valence-corrected chi connectivity index (χ0v) is 25.4. The Hall–Kier alpha value is -3.58. The molecule has 4 aromatic carbocycles. The Kier molecular flexibility index (Phi) is 9.35. The third-order valence-electron chi connectivity index (χ3n) is 7.36. The van der Waals surface area contributed by atoms with E-state index in [1.54, 1.807) is 14.2 Å². The van der Waals surface area contributed by atoms with Gasteiger partial charge < -0.3 is 24.4 Å². The molecule has 0 bridgehead atoms. The van der Waals surface area contributed by atoms with Crippen LogP contribution in [0.15, 0.2) is 97.1 Å². The largest absolute Gasteiger partial charge is 0.534 e. The van der Waals surface area contributed by atoms with Gasteiger partial charge in [0.15, 0.2) is 11.5 Å². The highest BCUT2D eigenvalue weighted by atomic mass is 28.4. The lowest BCUT2D eigenvalue weighted by Gasteiger charge is -2.43. The summed E-state index contributed by atoms with van der Waals surface area (Å²) >= 11 is 0. The van der Waals surface area contributed by atoms with Crippen LogP contribution in [0.2, 0.25) is 5.04 Å². The molecule has 0 heterocycles. The van der Waals surface area contributed by atoms with Crippen LogP contribution in [-0.2, 0) is 11.3 Å². The molecule has 2 N–H and O–H groups in total. The smallest absolute Gasteiger partial charge is 0.319 e. The van der Waals surface area contributed by atoms with Crippen molar-refractivity contribution in [3.05, 3.63) is 114 Å². The summed E-state index contributed by atoms with van der Waals surface area (Å²) in [6, 6.07) is 32.8. The number of nitrogens with two attached hydrogens (primary N) is 1. The standard InChI is InChI=1S/C34H41NO4Si/c1-25-31(39-40(34(2,3)4,27-18-12-8-13-19-27)28-20-14-9-15-21-28)22-29(33(37-6)32(25)36-5)30(35)24-38-23-26-16-10-7-11-17-26/h7-22,30H,23-24,35H2,1-6H3/t30-/m0/s1. The highest BCUT2D eigenvalue weighted by molar-refractivity contribution is 7.00. The Morgan fingerprint density at radius 1 is 0.750 bits per heavy atom. The summed E-state index contributed by atoms with van der Waals surface area (Å²) in [5.74, 6) is 1.96. The maximum absolute atomic E-state index is 7.38. The molecule has 0 aliphatic heterocycles. The van der Waals surface area contributed by atoms with Gasteiger partial charge in [-0.1, -0.05) is 112 Å². The van der Waals surface area contributed by atoms with Crippen molar-refractivity contribution >= 4 is 18.7 Å². The van der Waals surface area contributed by atoms with Crippen LogP contribution in [0.4, 0.5) is 0 Å². The summed E-state index contributed by atoms with van der Waals surface area (Å²) in [4.78, 5) is 0. The molecule has 4 rings (SSSR count). The van der Waals surface area contributed by atoms with Crippen LogP contribution >= 0.6 is 0 Å². The molecule has 0 aromatic heterocycles. The summed E-state index contributed by atoms with van der Waals surface area (Å²) in [5.41, 5.74) is 9.49. The molecule has 210 valence electrons. The van der Waals surface area contributed by atoms with Crippen molar-refractivity contribution in [3.63, 3.8) is 0 Å². The second-order valence-electron chi connectivity index (χ2n) is 11.0. The van der Waals surface area contributed by atoms with Crippen LogP contribution in [0.5, 0.6) is 17.2 Å². The van der Waals surface area contributed by atoms with Gasteiger partial charge in [0.2, 0.25) is 0 Å². The fourth-order valence-corrected chi connectivity index (χ4v) is 9.82. The molecule has 0 radical (unpaired) electrons. The zero-order chi connectivity index (χ0) is 28.8. The Morgan fingerprint density at radius 3 is 1.73 bits per heavy atom. The number of benzene rings is 4. The van der Waals surface area contributed by atoms with Gasteiger partial charge in [0.05, 0.1) is 33.5 Å². The SMILES string of the molecule is COc1c([C@@H](N)COCc2ccccc2)cc(O[Si](c2ccccc2)(c2ccccc2)C(C)(C)C)c(C)c1OC. The van der Waals surface area contributed by atoms with E-state index in [-0.39, 0.29) is 5.04 Å². The minimum Gasteiger partial charge on any atom is -0.534 e. The zero-order valence-electron chi connectivity index (χ0n) is 24.4. The molecular formula is C34H41NO4Si. The first-order valence-electron chi connectivity index (χ1n) is 13.7.